The van der Waals surface area contributed by atoms with Crippen LogP contribution in [0, 0.1) is 0 Å². The third-order valence-corrected chi connectivity index (χ3v) is 1.18. The maximum Gasteiger partial charge on any atom is 0.116 e. The largest absolute Gasteiger partial charge is 0.508 e. The first-order valence-electron chi connectivity index (χ1n) is 3.44. The highest BCUT2D eigenvalue weighted by Gasteiger charge is 1.96. The lowest BCUT2D eigenvalue weighted by atomic mass is 10.2. The van der Waals surface area contributed by atoms with Gasteiger partial charge in [-0.05, 0) is 31.6 Å². The van der Waals surface area contributed by atoms with Crippen molar-refractivity contribution in [3.05, 3.63) is 23.5 Å². The summed E-state index contributed by atoms with van der Waals surface area (Å²) in [5.74, 6) is 0.00778. The second-order valence-corrected chi connectivity index (χ2v) is 2.36. The van der Waals surface area contributed by atoms with E-state index in [1.165, 1.54) is 12.2 Å². The fourth-order valence-electron chi connectivity index (χ4n) is 0.695. The van der Waals surface area contributed by atoms with Crippen molar-refractivity contribution in [3.8, 4) is 0 Å². The van der Waals surface area contributed by atoms with Crippen LogP contribution in [0.25, 0.3) is 0 Å². The first kappa shape index (κ1) is 10.2. The standard InChI is InChI=1S/C8H14O3/c1-6(5-7(2)10)8(11)3-4-9/h3,5,7,9-11H,4H2,1-2H3. The van der Waals surface area contributed by atoms with Crippen LogP contribution in [0.5, 0.6) is 0 Å². The Bertz CT molecular complexity index is 168. The Morgan fingerprint density at radius 2 is 2.09 bits per heavy atom. The van der Waals surface area contributed by atoms with Crippen LogP contribution in [-0.4, -0.2) is 28.0 Å². The quantitative estimate of drug-likeness (QED) is 0.419. The van der Waals surface area contributed by atoms with Gasteiger partial charge in [0, 0.05) is 0 Å². The number of hydrogen-bond donors (Lipinski definition) is 3. The van der Waals surface area contributed by atoms with E-state index in [1.807, 2.05) is 0 Å². The van der Waals surface area contributed by atoms with Gasteiger partial charge in [0.2, 0.25) is 0 Å². The zero-order valence-electron chi connectivity index (χ0n) is 6.78. The van der Waals surface area contributed by atoms with E-state index in [2.05, 4.69) is 0 Å². The van der Waals surface area contributed by atoms with Gasteiger partial charge in [-0.2, -0.15) is 0 Å². The van der Waals surface area contributed by atoms with Crippen LogP contribution >= 0.6 is 0 Å². The van der Waals surface area contributed by atoms with Crippen molar-refractivity contribution >= 4 is 0 Å². The Morgan fingerprint density at radius 3 is 2.45 bits per heavy atom. The van der Waals surface area contributed by atoms with Crippen LogP contribution in [-0.2, 0) is 0 Å². The topological polar surface area (TPSA) is 60.7 Å². The van der Waals surface area contributed by atoms with Gasteiger partial charge < -0.3 is 15.3 Å². The third kappa shape index (κ3) is 4.58. The molecule has 0 aromatic heterocycles. The number of hydrogen-bond acceptors (Lipinski definition) is 3. The average molecular weight is 158 g/mol. The van der Waals surface area contributed by atoms with E-state index in [9.17, 15) is 0 Å². The van der Waals surface area contributed by atoms with Crippen molar-refractivity contribution in [3.63, 3.8) is 0 Å². The van der Waals surface area contributed by atoms with Crippen molar-refractivity contribution in [1.82, 2.24) is 0 Å². The molecule has 0 saturated heterocycles. The summed E-state index contributed by atoms with van der Waals surface area (Å²) in [5, 5.41) is 26.3. The monoisotopic (exact) mass is 158 g/mol. The molecule has 0 bridgehead atoms. The van der Waals surface area contributed by atoms with E-state index in [0.717, 1.165) is 0 Å². The minimum absolute atomic E-state index is 0.00778. The fraction of sp³-hybridized carbons (Fsp3) is 0.500. The number of rotatable bonds is 3. The molecule has 0 saturated carbocycles. The van der Waals surface area contributed by atoms with Crippen LogP contribution in [0.15, 0.2) is 23.5 Å². The lowest BCUT2D eigenvalue weighted by Crippen LogP contribution is -1.96. The van der Waals surface area contributed by atoms with Gasteiger partial charge in [0.05, 0.1) is 12.7 Å². The molecule has 1 atom stereocenters. The molecule has 1 unspecified atom stereocenters. The first-order valence-corrected chi connectivity index (χ1v) is 3.44. The van der Waals surface area contributed by atoms with Gasteiger partial charge in [-0.3, -0.25) is 0 Å². The highest BCUT2D eigenvalue weighted by molar-refractivity contribution is 5.23. The lowest BCUT2D eigenvalue weighted by molar-refractivity contribution is 0.242. The molecule has 0 aliphatic heterocycles. The summed E-state index contributed by atoms with van der Waals surface area (Å²) in [5.41, 5.74) is 0.564. The van der Waals surface area contributed by atoms with Gasteiger partial charge in [-0.15, -0.1) is 0 Å². The molecule has 0 rings (SSSR count). The van der Waals surface area contributed by atoms with Crippen LogP contribution in [0.2, 0.25) is 0 Å². The van der Waals surface area contributed by atoms with Gasteiger partial charge >= 0.3 is 0 Å². The Kier molecular flexibility index (Phi) is 4.57. The van der Waals surface area contributed by atoms with E-state index in [1.54, 1.807) is 13.8 Å². The molecule has 0 aromatic carbocycles. The van der Waals surface area contributed by atoms with Gasteiger partial charge in [0.1, 0.15) is 5.76 Å². The molecule has 3 N–H and O–H groups in total. The second-order valence-electron chi connectivity index (χ2n) is 2.36. The molecule has 0 aliphatic carbocycles. The minimum Gasteiger partial charge on any atom is -0.508 e. The Hall–Kier alpha value is -0.800. The number of aliphatic hydroxyl groups is 3. The van der Waals surface area contributed by atoms with Crippen molar-refractivity contribution in [2.75, 3.05) is 6.61 Å². The predicted octanol–water partition coefficient (Wildman–Crippen LogP) is 0.748. The van der Waals surface area contributed by atoms with E-state index in [0.29, 0.717) is 5.57 Å². The van der Waals surface area contributed by atoms with Crippen molar-refractivity contribution in [2.45, 2.75) is 20.0 Å². The summed E-state index contributed by atoms with van der Waals surface area (Å²) in [7, 11) is 0. The van der Waals surface area contributed by atoms with Gasteiger partial charge in [-0.1, -0.05) is 0 Å². The van der Waals surface area contributed by atoms with Gasteiger partial charge in [-0.25, -0.2) is 0 Å². The maximum absolute atomic E-state index is 9.09. The summed E-state index contributed by atoms with van der Waals surface area (Å²) in [6.07, 6.45) is 2.19. The number of allylic oxidation sites excluding steroid dienone is 1. The minimum atomic E-state index is -0.579. The molecular weight excluding hydrogens is 144 g/mol. The maximum atomic E-state index is 9.09. The summed E-state index contributed by atoms with van der Waals surface area (Å²) in [6, 6.07) is 0. The SMILES string of the molecule is CC(=CC(C)O)C(O)=CCO. The molecule has 0 radical (unpaired) electrons. The van der Waals surface area contributed by atoms with Crippen LogP contribution in [0.1, 0.15) is 13.8 Å². The zero-order valence-corrected chi connectivity index (χ0v) is 6.78. The fourth-order valence-corrected chi connectivity index (χ4v) is 0.695. The predicted molar refractivity (Wildman–Crippen MR) is 43.2 cm³/mol. The summed E-state index contributed by atoms with van der Waals surface area (Å²) < 4.78 is 0. The highest BCUT2D eigenvalue weighted by atomic mass is 16.3. The lowest BCUT2D eigenvalue weighted by Gasteiger charge is -2.01. The Morgan fingerprint density at radius 1 is 1.55 bits per heavy atom. The molecule has 0 heterocycles. The highest BCUT2D eigenvalue weighted by Crippen LogP contribution is 2.05. The molecule has 0 amide bonds. The molecule has 0 aliphatic rings. The molecule has 64 valence electrons. The molecule has 11 heavy (non-hydrogen) atoms. The van der Waals surface area contributed by atoms with Crippen molar-refractivity contribution in [2.24, 2.45) is 0 Å². The zero-order chi connectivity index (χ0) is 8.85. The first-order chi connectivity index (χ1) is 5.07. The second kappa shape index (κ2) is 4.93. The molecule has 0 fully saturated rings. The normalized spacial score (nSPS) is 16.7. The van der Waals surface area contributed by atoms with Gasteiger partial charge in [0.15, 0.2) is 0 Å². The van der Waals surface area contributed by atoms with E-state index >= 15 is 0 Å². The molecule has 3 nitrogen and oxygen atoms in total. The van der Waals surface area contributed by atoms with Gasteiger partial charge in [0.25, 0.3) is 0 Å². The smallest absolute Gasteiger partial charge is 0.116 e. The number of aliphatic hydroxyl groups excluding tert-OH is 3. The molecular formula is C8H14O3. The average Bonchev–Trinajstić information content (AvgIpc) is 1.86. The van der Waals surface area contributed by atoms with Crippen molar-refractivity contribution < 1.29 is 15.3 Å². The van der Waals surface area contributed by atoms with Crippen molar-refractivity contribution in [1.29, 1.82) is 0 Å². The van der Waals surface area contributed by atoms with E-state index < -0.39 is 6.10 Å². The van der Waals surface area contributed by atoms with Crippen LogP contribution < -0.4 is 0 Å². The summed E-state index contributed by atoms with van der Waals surface area (Å²) in [6.45, 7) is 3.06. The molecule has 0 aromatic rings. The molecule has 3 heteroatoms. The Labute approximate surface area is 66.3 Å². The van der Waals surface area contributed by atoms with Crippen LogP contribution in [0.4, 0.5) is 0 Å². The third-order valence-electron chi connectivity index (χ3n) is 1.18. The van der Waals surface area contributed by atoms with E-state index in [4.69, 9.17) is 15.3 Å². The summed E-state index contributed by atoms with van der Waals surface area (Å²) >= 11 is 0. The summed E-state index contributed by atoms with van der Waals surface area (Å²) in [4.78, 5) is 0. The molecule has 0 spiro atoms. The van der Waals surface area contributed by atoms with Crippen LogP contribution in [0.3, 0.4) is 0 Å². The Balaban J connectivity index is 4.23. The van der Waals surface area contributed by atoms with E-state index in [-0.39, 0.29) is 12.4 Å².